The van der Waals surface area contributed by atoms with E-state index in [0.717, 1.165) is 25.5 Å². The Morgan fingerprint density at radius 2 is 2.11 bits per heavy atom. The number of hydrogen-bond donors (Lipinski definition) is 1. The summed E-state index contributed by atoms with van der Waals surface area (Å²) in [6, 6.07) is 0.595. The summed E-state index contributed by atoms with van der Waals surface area (Å²) in [4.78, 5) is 6.97. The molecular formula is C14H26N4. The van der Waals surface area contributed by atoms with Gasteiger partial charge in [0.25, 0.3) is 0 Å². The molecule has 4 heteroatoms. The van der Waals surface area contributed by atoms with E-state index in [2.05, 4.69) is 39.8 Å². The molecule has 1 fully saturated rings. The van der Waals surface area contributed by atoms with Crippen LogP contribution >= 0.6 is 0 Å². The summed E-state index contributed by atoms with van der Waals surface area (Å²) in [5.74, 6) is 1.01. The minimum absolute atomic E-state index is 0.595. The van der Waals surface area contributed by atoms with E-state index in [-0.39, 0.29) is 0 Å². The number of imidazole rings is 1. The van der Waals surface area contributed by atoms with E-state index in [1.165, 1.54) is 32.4 Å². The molecule has 0 bridgehead atoms. The van der Waals surface area contributed by atoms with Crippen molar-refractivity contribution in [3.05, 3.63) is 12.4 Å². The summed E-state index contributed by atoms with van der Waals surface area (Å²) >= 11 is 0. The molecule has 1 N–H and O–H groups in total. The first-order chi connectivity index (χ1) is 8.81. The standard InChI is InChI=1S/C14H26N4/c1-3-8-18-11-7-15-14(18)16-12-13(2)17-9-5-4-6-10-17/h7,11,13H,3-6,8-10,12H2,1-2H3,(H,15,16). The van der Waals surface area contributed by atoms with Gasteiger partial charge in [0.2, 0.25) is 5.95 Å². The smallest absolute Gasteiger partial charge is 0.202 e. The van der Waals surface area contributed by atoms with Gasteiger partial charge in [0, 0.05) is 31.5 Å². The molecule has 1 atom stereocenters. The second-order valence-electron chi connectivity index (χ2n) is 5.27. The summed E-state index contributed by atoms with van der Waals surface area (Å²) in [5, 5.41) is 3.49. The van der Waals surface area contributed by atoms with E-state index in [1.807, 2.05) is 6.20 Å². The van der Waals surface area contributed by atoms with Crippen molar-refractivity contribution in [2.45, 2.75) is 52.1 Å². The normalized spacial score (nSPS) is 18.8. The zero-order valence-electron chi connectivity index (χ0n) is 11.7. The van der Waals surface area contributed by atoms with Crippen LogP contribution in [0.2, 0.25) is 0 Å². The Labute approximate surface area is 110 Å². The van der Waals surface area contributed by atoms with Crippen molar-refractivity contribution in [2.24, 2.45) is 0 Å². The first-order valence-electron chi connectivity index (χ1n) is 7.30. The monoisotopic (exact) mass is 250 g/mol. The lowest BCUT2D eigenvalue weighted by Gasteiger charge is -2.32. The Morgan fingerprint density at radius 3 is 2.83 bits per heavy atom. The van der Waals surface area contributed by atoms with Crippen LogP contribution in [0.1, 0.15) is 39.5 Å². The highest BCUT2D eigenvalue weighted by Gasteiger charge is 2.16. The number of likely N-dealkylation sites (tertiary alicyclic amines) is 1. The third-order valence-corrected chi connectivity index (χ3v) is 3.75. The van der Waals surface area contributed by atoms with Crippen LogP contribution in [0.5, 0.6) is 0 Å². The molecule has 0 aromatic carbocycles. The van der Waals surface area contributed by atoms with E-state index >= 15 is 0 Å². The van der Waals surface area contributed by atoms with Gasteiger partial charge in [0.15, 0.2) is 0 Å². The molecule has 2 rings (SSSR count). The molecule has 0 radical (unpaired) electrons. The Bertz CT molecular complexity index is 341. The zero-order valence-corrected chi connectivity index (χ0v) is 11.7. The second-order valence-corrected chi connectivity index (χ2v) is 5.27. The second kappa shape index (κ2) is 6.78. The number of hydrogen-bond acceptors (Lipinski definition) is 3. The molecule has 1 saturated heterocycles. The van der Waals surface area contributed by atoms with Crippen LogP contribution in [0.4, 0.5) is 5.95 Å². The predicted molar refractivity (Wildman–Crippen MR) is 75.9 cm³/mol. The third kappa shape index (κ3) is 3.48. The number of nitrogens with one attached hydrogen (secondary N) is 1. The zero-order chi connectivity index (χ0) is 12.8. The van der Waals surface area contributed by atoms with Gasteiger partial charge in [0.1, 0.15) is 0 Å². The van der Waals surface area contributed by atoms with Crippen LogP contribution in [-0.2, 0) is 6.54 Å². The molecule has 1 aliphatic heterocycles. The van der Waals surface area contributed by atoms with Crippen molar-refractivity contribution in [1.29, 1.82) is 0 Å². The summed E-state index contributed by atoms with van der Waals surface area (Å²) < 4.78 is 2.20. The van der Waals surface area contributed by atoms with Gasteiger partial charge < -0.3 is 9.88 Å². The third-order valence-electron chi connectivity index (χ3n) is 3.75. The first kappa shape index (κ1) is 13.4. The van der Waals surface area contributed by atoms with Gasteiger partial charge in [-0.15, -0.1) is 0 Å². The lowest BCUT2D eigenvalue weighted by atomic mass is 10.1. The number of anilines is 1. The molecule has 102 valence electrons. The van der Waals surface area contributed by atoms with Crippen LogP contribution in [0.15, 0.2) is 12.4 Å². The fraction of sp³-hybridized carbons (Fsp3) is 0.786. The molecule has 0 aliphatic carbocycles. The molecule has 0 spiro atoms. The van der Waals surface area contributed by atoms with Gasteiger partial charge in [-0.1, -0.05) is 13.3 Å². The fourth-order valence-corrected chi connectivity index (χ4v) is 2.62. The van der Waals surface area contributed by atoms with Crippen LogP contribution in [0.25, 0.3) is 0 Å². The van der Waals surface area contributed by atoms with Crippen molar-refractivity contribution in [2.75, 3.05) is 25.0 Å². The van der Waals surface area contributed by atoms with Gasteiger partial charge in [-0.3, -0.25) is 4.90 Å². The lowest BCUT2D eigenvalue weighted by molar-refractivity contribution is 0.180. The van der Waals surface area contributed by atoms with Crippen LogP contribution in [-0.4, -0.2) is 40.1 Å². The van der Waals surface area contributed by atoms with Crippen molar-refractivity contribution in [1.82, 2.24) is 14.5 Å². The van der Waals surface area contributed by atoms with E-state index in [4.69, 9.17) is 0 Å². The van der Waals surface area contributed by atoms with Crippen molar-refractivity contribution < 1.29 is 0 Å². The molecule has 18 heavy (non-hydrogen) atoms. The summed E-state index contributed by atoms with van der Waals surface area (Å²) in [6.07, 6.45) is 9.19. The molecule has 1 aliphatic rings. The minimum atomic E-state index is 0.595. The van der Waals surface area contributed by atoms with Gasteiger partial charge in [-0.05, 0) is 39.3 Å². The fourth-order valence-electron chi connectivity index (χ4n) is 2.62. The largest absolute Gasteiger partial charge is 0.354 e. The van der Waals surface area contributed by atoms with E-state index in [0.29, 0.717) is 6.04 Å². The highest BCUT2D eigenvalue weighted by Crippen LogP contribution is 2.13. The highest BCUT2D eigenvalue weighted by molar-refractivity contribution is 5.26. The van der Waals surface area contributed by atoms with Gasteiger partial charge in [-0.2, -0.15) is 0 Å². The Kier molecular flexibility index (Phi) is 5.05. The number of piperidine rings is 1. The maximum atomic E-state index is 4.39. The summed E-state index contributed by atoms with van der Waals surface area (Å²) in [5.41, 5.74) is 0. The maximum Gasteiger partial charge on any atom is 0.202 e. The average Bonchev–Trinajstić information content (AvgIpc) is 2.85. The average molecular weight is 250 g/mol. The molecule has 1 unspecified atom stereocenters. The Morgan fingerprint density at radius 1 is 1.33 bits per heavy atom. The molecule has 4 nitrogen and oxygen atoms in total. The topological polar surface area (TPSA) is 33.1 Å². The number of aryl methyl sites for hydroxylation is 1. The molecule has 1 aromatic heterocycles. The molecule has 0 saturated carbocycles. The van der Waals surface area contributed by atoms with E-state index in [9.17, 15) is 0 Å². The molecule has 0 amide bonds. The van der Waals surface area contributed by atoms with Crippen LogP contribution in [0.3, 0.4) is 0 Å². The lowest BCUT2D eigenvalue weighted by Crippen LogP contribution is -2.41. The van der Waals surface area contributed by atoms with Crippen molar-refractivity contribution in [3.63, 3.8) is 0 Å². The quantitative estimate of drug-likeness (QED) is 0.842. The summed E-state index contributed by atoms with van der Waals surface area (Å²) in [7, 11) is 0. The van der Waals surface area contributed by atoms with Gasteiger partial charge in [-0.25, -0.2) is 4.98 Å². The Hall–Kier alpha value is -1.03. The van der Waals surface area contributed by atoms with Crippen molar-refractivity contribution in [3.8, 4) is 0 Å². The van der Waals surface area contributed by atoms with Crippen LogP contribution in [0, 0.1) is 0 Å². The predicted octanol–water partition coefficient (Wildman–Crippen LogP) is 2.58. The molecule has 1 aromatic rings. The number of rotatable bonds is 6. The van der Waals surface area contributed by atoms with Crippen LogP contribution < -0.4 is 5.32 Å². The van der Waals surface area contributed by atoms with E-state index in [1.54, 1.807) is 0 Å². The highest BCUT2D eigenvalue weighted by atomic mass is 15.2. The molecule has 2 heterocycles. The maximum absolute atomic E-state index is 4.39. The number of aromatic nitrogens is 2. The first-order valence-corrected chi connectivity index (χ1v) is 7.30. The van der Waals surface area contributed by atoms with E-state index < -0.39 is 0 Å². The van der Waals surface area contributed by atoms with Gasteiger partial charge in [0.05, 0.1) is 0 Å². The SMILES string of the molecule is CCCn1ccnc1NCC(C)N1CCCCC1. The molecular weight excluding hydrogens is 224 g/mol. The Balaban J connectivity index is 1.80. The minimum Gasteiger partial charge on any atom is -0.354 e. The van der Waals surface area contributed by atoms with Gasteiger partial charge >= 0.3 is 0 Å². The number of nitrogens with zero attached hydrogens (tertiary/aromatic N) is 3. The summed E-state index contributed by atoms with van der Waals surface area (Å²) in [6.45, 7) is 9.05. The van der Waals surface area contributed by atoms with Crippen molar-refractivity contribution >= 4 is 5.95 Å².